The summed E-state index contributed by atoms with van der Waals surface area (Å²) in [7, 11) is -1.87. The van der Waals surface area contributed by atoms with Gasteiger partial charge >= 0.3 is 23.7 Å². The van der Waals surface area contributed by atoms with Gasteiger partial charge in [0.05, 0.1) is 7.11 Å². The van der Waals surface area contributed by atoms with Gasteiger partial charge in [-0.1, -0.05) is 0 Å². The zero-order chi connectivity index (χ0) is 18.2. The molecular weight excluding hydrogens is 364 g/mol. The maximum absolute atomic E-state index is 12.2. The average molecular weight is 376 g/mol. The van der Waals surface area contributed by atoms with E-state index in [1.165, 1.54) is 21.1 Å². The van der Waals surface area contributed by atoms with Crippen molar-refractivity contribution in [1.82, 2.24) is 19.1 Å². The number of nitrogens with zero attached hydrogens (tertiary/aromatic N) is 3. The van der Waals surface area contributed by atoms with Gasteiger partial charge in [0.2, 0.25) is 0 Å². The van der Waals surface area contributed by atoms with Gasteiger partial charge in [-0.15, -0.1) is 21.1 Å². The van der Waals surface area contributed by atoms with Gasteiger partial charge in [0.25, 0.3) is 10.0 Å². The highest BCUT2D eigenvalue weighted by molar-refractivity contribution is 7.90. The van der Waals surface area contributed by atoms with Crippen molar-refractivity contribution in [3.8, 4) is 6.01 Å². The summed E-state index contributed by atoms with van der Waals surface area (Å²) in [4.78, 5) is 34.4. The summed E-state index contributed by atoms with van der Waals surface area (Å²) >= 11 is 0.747. The Morgan fingerprint density at radius 2 is 2.04 bits per heavy atom. The lowest BCUT2D eigenvalue weighted by Crippen LogP contribution is -2.40. The Kier molecular flexibility index (Phi) is 4.48. The number of hydrogen-bond acceptors (Lipinski definition) is 8. The fourth-order valence-electron chi connectivity index (χ4n) is 1.78. The molecule has 0 aliphatic carbocycles. The molecule has 0 aliphatic rings. The Balaban J connectivity index is 2.38. The Hall–Kier alpha value is -2.67. The van der Waals surface area contributed by atoms with Crippen LogP contribution in [0.3, 0.4) is 0 Å². The lowest BCUT2D eigenvalue weighted by atomic mass is 10.4. The van der Waals surface area contributed by atoms with Crippen LogP contribution in [0.2, 0.25) is 0 Å². The average Bonchev–Trinajstić information content (AvgIpc) is 3.01. The predicted molar refractivity (Wildman–Crippen MR) is 81.2 cm³/mol. The van der Waals surface area contributed by atoms with Crippen molar-refractivity contribution in [2.24, 2.45) is 7.05 Å². The Bertz CT molecular complexity index is 983. The molecule has 130 valence electrons. The van der Waals surface area contributed by atoms with Crippen molar-refractivity contribution in [2.75, 3.05) is 7.11 Å². The SMILES string of the molecule is COc1nn(C(=O)NS(=O)(=O)c2cc(C(=O)O)sc2C)c(=O)n1C. The highest BCUT2D eigenvalue weighted by Crippen LogP contribution is 2.25. The summed E-state index contributed by atoms with van der Waals surface area (Å²) in [6, 6.07) is -0.575. The van der Waals surface area contributed by atoms with Crippen LogP contribution in [-0.4, -0.2) is 47.0 Å². The molecule has 2 aromatic rings. The molecule has 0 aromatic carbocycles. The molecule has 0 radical (unpaired) electrons. The molecule has 0 unspecified atom stereocenters. The molecular formula is C11H12N4O7S2. The van der Waals surface area contributed by atoms with Crippen molar-refractivity contribution in [3.05, 3.63) is 26.3 Å². The van der Waals surface area contributed by atoms with Crippen LogP contribution in [-0.2, 0) is 17.1 Å². The van der Waals surface area contributed by atoms with E-state index < -0.39 is 27.7 Å². The third-order valence-corrected chi connectivity index (χ3v) is 5.52. The van der Waals surface area contributed by atoms with Crippen LogP contribution in [0.4, 0.5) is 4.79 Å². The number of aryl methyl sites for hydroxylation is 1. The molecule has 0 aliphatic heterocycles. The number of nitrogens with one attached hydrogen (secondary N) is 1. The molecule has 0 spiro atoms. The van der Waals surface area contributed by atoms with Gasteiger partial charge in [-0.05, 0) is 13.0 Å². The zero-order valence-electron chi connectivity index (χ0n) is 12.6. The van der Waals surface area contributed by atoms with Crippen molar-refractivity contribution in [1.29, 1.82) is 0 Å². The van der Waals surface area contributed by atoms with E-state index in [0.717, 1.165) is 22.0 Å². The number of hydrogen-bond donors (Lipinski definition) is 2. The normalized spacial score (nSPS) is 11.3. The molecule has 2 N–H and O–H groups in total. The topological polar surface area (TPSA) is 150 Å². The van der Waals surface area contributed by atoms with Crippen LogP contribution in [0.15, 0.2) is 15.8 Å². The largest absolute Gasteiger partial charge is 0.477 e. The number of thiophene rings is 1. The summed E-state index contributed by atoms with van der Waals surface area (Å²) in [5, 5.41) is 12.4. The standard InChI is InChI=1S/C11H12N4O7S2/c1-5-7(4-6(23-5)8(16)17)24(20,21)13-9(18)15-11(19)14(2)10(12-15)22-3/h4H,1-3H3,(H,13,18)(H,16,17). The van der Waals surface area contributed by atoms with E-state index in [1.807, 2.05) is 0 Å². The highest BCUT2D eigenvalue weighted by Gasteiger charge is 2.26. The molecule has 0 saturated heterocycles. The number of carboxylic acid groups (broad SMARTS) is 1. The van der Waals surface area contributed by atoms with E-state index in [4.69, 9.17) is 9.84 Å². The molecule has 1 amide bonds. The van der Waals surface area contributed by atoms with Gasteiger partial charge in [0.15, 0.2) is 0 Å². The molecule has 24 heavy (non-hydrogen) atoms. The second-order valence-electron chi connectivity index (χ2n) is 4.49. The maximum atomic E-state index is 12.2. The Morgan fingerprint density at radius 3 is 2.50 bits per heavy atom. The summed E-state index contributed by atoms with van der Waals surface area (Å²) in [6.45, 7) is 1.39. The highest BCUT2D eigenvalue weighted by atomic mass is 32.2. The van der Waals surface area contributed by atoms with Crippen molar-refractivity contribution in [2.45, 2.75) is 11.8 Å². The number of ether oxygens (including phenoxy) is 1. The van der Waals surface area contributed by atoms with Crippen LogP contribution in [0.25, 0.3) is 0 Å². The van der Waals surface area contributed by atoms with Gasteiger partial charge in [-0.2, -0.15) is 0 Å². The summed E-state index contributed by atoms with van der Waals surface area (Å²) in [5.74, 6) is -1.29. The molecule has 0 atom stereocenters. The maximum Gasteiger partial charge on any atom is 0.360 e. The molecule has 2 aromatic heterocycles. The lowest BCUT2D eigenvalue weighted by Gasteiger charge is -2.04. The Morgan fingerprint density at radius 1 is 1.42 bits per heavy atom. The molecule has 2 rings (SSSR count). The lowest BCUT2D eigenvalue weighted by molar-refractivity contribution is 0.0702. The number of carbonyl (C=O) groups is 2. The molecule has 0 bridgehead atoms. The quantitative estimate of drug-likeness (QED) is 0.732. The summed E-state index contributed by atoms with van der Waals surface area (Å²) < 4.78 is 32.1. The van der Waals surface area contributed by atoms with E-state index in [1.54, 1.807) is 4.72 Å². The number of aromatic nitrogens is 3. The van der Waals surface area contributed by atoms with Crippen LogP contribution in [0.5, 0.6) is 6.01 Å². The summed E-state index contributed by atoms with van der Waals surface area (Å²) in [6.07, 6.45) is 0. The number of sulfonamides is 1. The molecule has 2 heterocycles. The van der Waals surface area contributed by atoms with Crippen LogP contribution < -0.4 is 15.1 Å². The van der Waals surface area contributed by atoms with Crippen molar-refractivity contribution < 1.29 is 27.9 Å². The van der Waals surface area contributed by atoms with Gasteiger partial charge in [-0.25, -0.2) is 32.1 Å². The van der Waals surface area contributed by atoms with Gasteiger partial charge < -0.3 is 9.84 Å². The van der Waals surface area contributed by atoms with Gasteiger partial charge in [-0.3, -0.25) is 0 Å². The van der Waals surface area contributed by atoms with Crippen molar-refractivity contribution >= 4 is 33.4 Å². The van der Waals surface area contributed by atoms with Crippen LogP contribution in [0, 0.1) is 6.92 Å². The number of aromatic carboxylic acids is 1. The van der Waals surface area contributed by atoms with E-state index >= 15 is 0 Å². The van der Waals surface area contributed by atoms with E-state index in [9.17, 15) is 22.8 Å². The fourth-order valence-corrected chi connectivity index (χ4v) is 4.14. The fraction of sp³-hybridized carbons (Fsp3) is 0.273. The minimum atomic E-state index is -4.38. The monoisotopic (exact) mass is 376 g/mol. The summed E-state index contributed by atoms with van der Waals surface area (Å²) in [5.41, 5.74) is -0.909. The molecule has 13 heteroatoms. The van der Waals surface area contributed by atoms with E-state index in [2.05, 4.69) is 5.10 Å². The molecule has 11 nitrogen and oxygen atoms in total. The first kappa shape index (κ1) is 17.7. The number of carboxylic acids is 1. The second-order valence-corrected chi connectivity index (χ2v) is 7.39. The van der Waals surface area contributed by atoms with E-state index in [-0.39, 0.29) is 25.3 Å². The first-order valence-corrected chi connectivity index (χ1v) is 8.49. The van der Waals surface area contributed by atoms with Crippen molar-refractivity contribution in [3.63, 3.8) is 0 Å². The molecule has 0 saturated carbocycles. The van der Waals surface area contributed by atoms with Gasteiger partial charge in [0.1, 0.15) is 9.77 Å². The van der Waals surface area contributed by atoms with Gasteiger partial charge in [0, 0.05) is 11.9 Å². The second kappa shape index (κ2) is 6.09. The van der Waals surface area contributed by atoms with Crippen LogP contribution >= 0.6 is 11.3 Å². The zero-order valence-corrected chi connectivity index (χ0v) is 14.3. The number of amides is 1. The number of methoxy groups -OCH3 is 1. The third kappa shape index (κ3) is 3.03. The smallest absolute Gasteiger partial charge is 0.360 e. The predicted octanol–water partition coefficient (Wildman–Crippen LogP) is -0.395. The molecule has 0 fully saturated rings. The van der Waals surface area contributed by atoms with E-state index in [0.29, 0.717) is 0 Å². The number of carbonyl (C=O) groups excluding carboxylic acids is 1. The first-order chi connectivity index (χ1) is 11.1. The number of rotatable bonds is 4. The minimum Gasteiger partial charge on any atom is -0.477 e. The Labute approximate surface area is 139 Å². The first-order valence-electron chi connectivity index (χ1n) is 6.19. The minimum absolute atomic E-state index is 0.179. The third-order valence-electron chi connectivity index (χ3n) is 2.91. The van der Waals surface area contributed by atoms with Crippen LogP contribution in [0.1, 0.15) is 14.5 Å².